The number of carbonyl (C=O) groups is 1. The molecule has 1 fully saturated rings. The number of nitrogens with zero attached hydrogens (tertiary/aromatic N) is 1. The van der Waals surface area contributed by atoms with Crippen LogP contribution in [0.2, 0.25) is 0 Å². The van der Waals surface area contributed by atoms with Crippen molar-refractivity contribution in [1.82, 2.24) is 0 Å². The Labute approximate surface area is 123 Å². The normalized spacial score (nSPS) is 17.5. The fourth-order valence-corrected chi connectivity index (χ4v) is 4.19. The van der Waals surface area contributed by atoms with Crippen LogP contribution in [0.15, 0.2) is 69.9 Å². The first-order chi connectivity index (χ1) is 10.2. The van der Waals surface area contributed by atoms with Crippen molar-refractivity contribution in [1.29, 1.82) is 0 Å². The lowest BCUT2D eigenvalue weighted by molar-refractivity contribution is 0.0428. The molecule has 1 aliphatic rings. The summed E-state index contributed by atoms with van der Waals surface area (Å²) in [7, 11) is -2.81. The average molecular weight is 301 g/mol. The summed E-state index contributed by atoms with van der Waals surface area (Å²) in [5, 5.41) is -0.229. The van der Waals surface area contributed by atoms with Crippen LogP contribution in [0.1, 0.15) is 10.4 Å². The highest BCUT2D eigenvalue weighted by molar-refractivity contribution is 7.94. The Morgan fingerprint density at radius 3 is 2.10 bits per heavy atom. The lowest BCUT2D eigenvalue weighted by Gasteiger charge is -2.28. The van der Waals surface area contributed by atoms with E-state index >= 15 is 0 Å². The minimum absolute atomic E-state index is 0.229. The third-order valence-electron chi connectivity index (χ3n) is 3.38. The van der Waals surface area contributed by atoms with Gasteiger partial charge in [-0.25, -0.2) is 4.21 Å². The second kappa shape index (κ2) is 5.79. The van der Waals surface area contributed by atoms with Crippen molar-refractivity contribution in [2.24, 2.45) is 4.36 Å². The molecule has 3 rings (SSSR count). The number of hydrogen-bond donors (Lipinski definition) is 0. The van der Waals surface area contributed by atoms with Gasteiger partial charge in [0, 0.05) is 10.5 Å². The molecular formula is C16H15NO3S. The highest BCUT2D eigenvalue weighted by Crippen LogP contribution is 2.24. The van der Waals surface area contributed by atoms with E-state index in [-0.39, 0.29) is 5.25 Å². The summed E-state index contributed by atoms with van der Waals surface area (Å²) in [5.41, 5.74) is 0.446. The highest BCUT2D eigenvalue weighted by atomic mass is 32.2. The van der Waals surface area contributed by atoms with Gasteiger partial charge in [-0.1, -0.05) is 36.4 Å². The minimum Gasteiger partial charge on any atom is -0.379 e. The number of benzene rings is 2. The molecule has 4 nitrogen and oxygen atoms in total. The van der Waals surface area contributed by atoms with Gasteiger partial charge in [0.15, 0.2) is 0 Å². The Morgan fingerprint density at radius 1 is 1.00 bits per heavy atom. The quantitative estimate of drug-likeness (QED) is 0.876. The highest BCUT2D eigenvalue weighted by Gasteiger charge is 2.33. The van der Waals surface area contributed by atoms with E-state index in [1.165, 1.54) is 0 Å². The Hall–Kier alpha value is -1.98. The van der Waals surface area contributed by atoms with Crippen molar-refractivity contribution in [3.63, 3.8) is 0 Å². The molecule has 1 amide bonds. The second-order valence-corrected chi connectivity index (χ2v) is 7.26. The first-order valence-corrected chi connectivity index (χ1v) is 8.26. The molecule has 108 valence electrons. The van der Waals surface area contributed by atoms with Gasteiger partial charge in [0.05, 0.1) is 28.2 Å². The molecule has 1 atom stereocenters. The van der Waals surface area contributed by atoms with Gasteiger partial charge in [0.2, 0.25) is 0 Å². The Balaban J connectivity index is 2.06. The van der Waals surface area contributed by atoms with Gasteiger partial charge in [-0.05, 0) is 24.3 Å². The zero-order valence-corrected chi connectivity index (χ0v) is 12.2. The van der Waals surface area contributed by atoms with Crippen molar-refractivity contribution < 1.29 is 13.7 Å². The Kier molecular flexibility index (Phi) is 3.86. The van der Waals surface area contributed by atoms with E-state index in [1.807, 2.05) is 12.1 Å². The van der Waals surface area contributed by atoms with Crippen LogP contribution >= 0.6 is 0 Å². The van der Waals surface area contributed by atoms with E-state index in [9.17, 15) is 9.00 Å². The molecule has 0 saturated carbocycles. The maximum atomic E-state index is 13.3. The third-order valence-corrected chi connectivity index (χ3v) is 5.94. The van der Waals surface area contributed by atoms with E-state index < -0.39 is 15.6 Å². The summed E-state index contributed by atoms with van der Waals surface area (Å²) in [6.45, 7) is 0.749. The molecule has 0 N–H and O–H groups in total. The van der Waals surface area contributed by atoms with Crippen LogP contribution < -0.4 is 0 Å². The predicted octanol–water partition coefficient (Wildman–Crippen LogP) is 2.75. The van der Waals surface area contributed by atoms with E-state index in [0.29, 0.717) is 23.7 Å². The predicted molar refractivity (Wildman–Crippen MR) is 80.7 cm³/mol. The van der Waals surface area contributed by atoms with Gasteiger partial charge in [0.1, 0.15) is 0 Å². The van der Waals surface area contributed by atoms with Gasteiger partial charge >= 0.3 is 0 Å². The van der Waals surface area contributed by atoms with Crippen LogP contribution in [0.4, 0.5) is 0 Å². The third kappa shape index (κ3) is 2.75. The van der Waals surface area contributed by atoms with Crippen LogP contribution in [-0.4, -0.2) is 28.6 Å². The SMILES string of the molecule is O=C(N=S(=O)(c1ccccc1)C1COC1)c1ccccc1. The largest absolute Gasteiger partial charge is 0.379 e. The molecule has 0 aliphatic carbocycles. The maximum Gasteiger partial charge on any atom is 0.285 e. The smallest absolute Gasteiger partial charge is 0.285 e. The summed E-state index contributed by atoms with van der Waals surface area (Å²) in [5.74, 6) is -0.448. The lowest BCUT2D eigenvalue weighted by atomic mass is 10.2. The molecule has 0 radical (unpaired) electrons. The lowest BCUT2D eigenvalue weighted by Crippen LogP contribution is -2.40. The number of amides is 1. The second-order valence-electron chi connectivity index (χ2n) is 4.80. The van der Waals surface area contributed by atoms with Crippen molar-refractivity contribution in [3.05, 3.63) is 66.2 Å². The standard InChI is InChI=1S/C16H15NO3S/c18-16(13-7-3-1-4-8-13)17-21(19,15-11-20-12-15)14-9-5-2-6-10-14/h1-10,15H,11-12H2. The van der Waals surface area contributed by atoms with Crippen LogP contribution in [0.25, 0.3) is 0 Å². The molecule has 0 spiro atoms. The van der Waals surface area contributed by atoms with Gasteiger partial charge in [-0.15, -0.1) is 0 Å². The molecule has 0 aromatic heterocycles. The minimum atomic E-state index is -2.81. The van der Waals surface area contributed by atoms with E-state index in [0.717, 1.165) is 0 Å². The zero-order valence-electron chi connectivity index (χ0n) is 11.3. The fraction of sp³-hybridized carbons (Fsp3) is 0.188. The molecule has 1 heterocycles. The summed E-state index contributed by atoms with van der Waals surface area (Å²) in [6.07, 6.45) is 0. The summed E-state index contributed by atoms with van der Waals surface area (Å²) in [4.78, 5) is 12.9. The van der Waals surface area contributed by atoms with Crippen molar-refractivity contribution >= 4 is 15.6 Å². The van der Waals surface area contributed by atoms with Crippen LogP contribution in [0, 0.1) is 0 Å². The summed E-state index contributed by atoms with van der Waals surface area (Å²) < 4.78 is 22.5. The molecule has 5 heteroatoms. The molecule has 2 aromatic rings. The number of carbonyl (C=O) groups excluding carboxylic acids is 1. The monoisotopic (exact) mass is 301 g/mol. The summed E-state index contributed by atoms with van der Waals surface area (Å²) in [6, 6.07) is 17.7. The van der Waals surface area contributed by atoms with Gasteiger partial charge in [0.25, 0.3) is 5.91 Å². The van der Waals surface area contributed by atoms with Gasteiger partial charge in [-0.3, -0.25) is 4.79 Å². The average Bonchev–Trinajstić information content (AvgIpc) is 2.47. The van der Waals surface area contributed by atoms with Crippen molar-refractivity contribution in [2.75, 3.05) is 13.2 Å². The molecule has 21 heavy (non-hydrogen) atoms. The topological polar surface area (TPSA) is 55.7 Å². The van der Waals surface area contributed by atoms with Crippen LogP contribution in [0.5, 0.6) is 0 Å². The molecule has 0 bridgehead atoms. The molecule has 2 aromatic carbocycles. The van der Waals surface area contributed by atoms with E-state index in [1.54, 1.807) is 48.5 Å². The van der Waals surface area contributed by atoms with E-state index in [4.69, 9.17) is 4.74 Å². The van der Waals surface area contributed by atoms with Crippen LogP contribution in [-0.2, 0) is 14.5 Å². The molecular weight excluding hydrogens is 286 g/mol. The fourth-order valence-electron chi connectivity index (χ4n) is 2.09. The number of hydrogen-bond acceptors (Lipinski definition) is 3. The number of ether oxygens (including phenoxy) is 1. The molecule has 1 aliphatic heterocycles. The molecule has 1 unspecified atom stereocenters. The van der Waals surface area contributed by atoms with Crippen LogP contribution in [0.3, 0.4) is 0 Å². The van der Waals surface area contributed by atoms with Crippen molar-refractivity contribution in [2.45, 2.75) is 10.1 Å². The Bertz CT molecular complexity index is 746. The zero-order chi connectivity index (χ0) is 14.7. The van der Waals surface area contributed by atoms with Crippen molar-refractivity contribution in [3.8, 4) is 0 Å². The first kappa shape index (κ1) is 14.0. The van der Waals surface area contributed by atoms with Gasteiger partial charge in [-0.2, -0.15) is 4.36 Å². The Morgan fingerprint density at radius 2 is 1.57 bits per heavy atom. The first-order valence-electron chi connectivity index (χ1n) is 6.68. The summed E-state index contributed by atoms with van der Waals surface area (Å²) >= 11 is 0. The maximum absolute atomic E-state index is 13.3. The number of rotatable bonds is 3. The van der Waals surface area contributed by atoms with E-state index in [2.05, 4.69) is 4.36 Å². The van der Waals surface area contributed by atoms with Gasteiger partial charge < -0.3 is 4.74 Å². The molecule has 1 saturated heterocycles.